The largest absolute Gasteiger partial charge is 0.496 e. The van der Waals surface area contributed by atoms with Crippen LogP contribution in [0.25, 0.3) is 33.1 Å². The summed E-state index contributed by atoms with van der Waals surface area (Å²) in [7, 11) is 5.22. The molecule has 2 aliphatic rings. The van der Waals surface area contributed by atoms with E-state index in [1.54, 1.807) is 24.3 Å². The monoisotopic (exact) mass is 804 g/mol. The molecule has 304 valence electrons. The number of hydrogen-bond donors (Lipinski definition) is 0. The van der Waals surface area contributed by atoms with Gasteiger partial charge in [-0.2, -0.15) is 26.3 Å². The van der Waals surface area contributed by atoms with Gasteiger partial charge in [0, 0.05) is 46.5 Å². The number of fused-ring (bicyclic) bond motifs is 8. The minimum Gasteiger partial charge on any atom is -0.496 e. The predicted molar refractivity (Wildman–Crippen MR) is 210 cm³/mol. The summed E-state index contributed by atoms with van der Waals surface area (Å²) in [5.74, 6) is -17.5. The normalized spacial score (nSPS) is 17.8. The molecule has 4 aromatic carbocycles. The Hall–Kier alpha value is -5.52. The second-order valence-corrected chi connectivity index (χ2v) is 16.9. The van der Waals surface area contributed by atoms with Crippen LogP contribution < -0.4 is 18.9 Å². The molecule has 12 heteroatoms. The first-order chi connectivity index (χ1) is 27.1. The van der Waals surface area contributed by atoms with Gasteiger partial charge in [0.1, 0.15) is 51.1 Å². The van der Waals surface area contributed by atoms with Crippen LogP contribution in [0.15, 0.2) is 81.6 Å². The fraction of sp³-hybridized carbons (Fsp3) is 0.348. The molecule has 0 unspecified atom stereocenters. The highest BCUT2D eigenvalue weighted by Gasteiger charge is 2.82. The van der Waals surface area contributed by atoms with E-state index in [0.29, 0.717) is 11.1 Å². The third-order valence-corrected chi connectivity index (χ3v) is 11.6. The molecule has 58 heavy (non-hydrogen) atoms. The average Bonchev–Trinajstić information content (AvgIpc) is 3.74. The van der Waals surface area contributed by atoms with E-state index in [1.165, 1.54) is 52.7 Å². The fourth-order valence-electron chi connectivity index (χ4n) is 8.52. The molecule has 8 rings (SSSR count). The third-order valence-electron chi connectivity index (χ3n) is 11.6. The number of benzene rings is 4. The number of rotatable bonds is 6. The van der Waals surface area contributed by atoms with Gasteiger partial charge in [-0.25, -0.2) is 0 Å². The Kier molecular flexibility index (Phi) is 8.47. The highest BCUT2D eigenvalue weighted by Crippen LogP contribution is 2.71. The van der Waals surface area contributed by atoms with Crippen molar-refractivity contribution < 1.29 is 54.1 Å². The Bertz CT molecular complexity index is 2470. The summed E-state index contributed by atoms with van der Waals surface area (Å²) in [6.07, 6.45) is 0. The van der Waals surface area contributed by atoms with Crippen LogP contribution >= 0.6 is 0 Å². The maximum Gasteiger partial charge on any atom is 0.380 e. The second-order valence-electron chi connectivity index (χ2n) is 16.9. The van der Waals surface area contributed by atoms with Crippen molar-refractivity contribution in [3.63, 3.8) is 0 Å². The van der Waals surface area contributed by atoms with Gasteiger partial charge in [0.15, 0.2) is 0 Å². The van der Waals surface area contributed by atoms with Crippen molar-refractivity contribution in [1.82, 2.24) is 0 Å². The van der Waals surface area contributed by atoms with E-state index >= 15 is 26.3 Å². The number of halogens is 6. The number of methoxy groups -OCH3 is 4. The maximum atomic E-state index is 17.0. The topological polar surface area (TPSA) is 63.2 Å². The Balaban J connectivity index is 1.71. The highest BCUT2D eigenvalue weighted by molar-refractivity contribution is 6.15. The van der Waals surface area contributed by atoms with Crippen molar-refractivity contribution in [2.45, 2.75) is 75.6 Å². The minimum absolute atomic E-state index is 0.133. The van der Waals surface area contributed by atoms with Crippen LogP contribution in [0.3, 0.4) is 0 Å². The van der Waals surface area contributed by atoms with Gasteiger partial charge in [0.05, 0.1) is 39.2 Å². The SMILES string of the molecule is COc1cc(OC)c2c3c(oc2c1)C(c1ccc(C(C)(C)C)cc1)(c1ccc(C(C)(C)C)cc1)c1oc2cc(OC)cc(OC)c2c1C1=C3C(F)(F)C(F)(F)C1(F)F. The standard InChI is InChI=1S/C46H42F6O6/c1-41(2,3)23-11-15-25(16-12-23)43(26-17-13-24(14-18-26)42(4,5)6)39-35(33-29(55-9)19-27(53-7)21-31(33)57-39)37-38(45(49,50)46(51,52)44(37,47)48)36-34-30(56-10)20-28(54-8)22-32(34)58-40(36)43/h11-22H,1-10H3. The van der Waals surface area contributed by atoms with E-state index in [2.05, 4.69) is 0 Å². The molecule has 2 aromatic heterocycles. The van der Waals surface area contributed by atoms with Gasteiger partial charge in [0.2, 0.25) is 0 Å². The zero-order chi connectivity index (χ0) is 42.1. The first kappa shape index (κ1) is 39.3. The molecule has 6 aromatic rings. The second kappa shape index (κ2) is 12.5. The summed E-state index contributed by atoms with van der Waals surface area (Å²) >= 11 is 0. The van der Waals surface area contributed by atoms with Gasteiger partial charge < -0.3 is 27.8 Å². The van der Waals surface area contributed by atoms with Gasteiger partial charge >= 0.3 is 17.8 Å². The van der Waals surface area contributed by atoms with Crippen LogP contribution in [0.5, 0.6) is 23.0 Å². The summed E-state index contributed by atoms with van der Waals surface area (Å²) in [5, 5.41) is -0.465. The molecule has 0 aliphatic heterocycles. The van der Waals surface area contributed by atoms with Crippen LogP contribution in [0.2, 0.25) is 0 Å². The molecule has 0 saturated heterocycles. The average molecular weight is 805 g/mol. The summed E-state index contributed by atoms with van der Waals surface area (Å²) in [6.45, 7) is 12.1. The molecule has 0 N–H and O–H groups in total. The Morgan fingerprint density at radius 3 is 1.12 bits per heavy atom. The first-order valence-electron chi connectivity index (χ1n) is 18.6. The molecule has 0 fully saturated rings. The van der Waals surface area contributed by atoms with Crippen LogP contribution in [0.1, 0.15) is 86.4 Å². The minimum atomic E-state index is -5.91. The van der Waals surface area contributed by atoms with E-state index in [1.807, 2.05) is 65.8 Å². The van der Waals surface area contributed by atoms with E-state index in [-0.39, 0.29) is 67.3 Å². The van der Waals surface area contributed by atoms with Crippen molar-refractivity contribution in [2.24, 2.45) is 0 Å². The Morgan fingerprint density at radius 1 is 0.483 bits per heavy atom. The van der Waals surface area contributed by atoms with Gasteiger partial charge in [0.25, 0.3) is 0 Å². The van der Waals surface area contributed by atoms with Crippen LogP contribution in [0.4, 0.5) is 26.3 Å². The van der Waals surface area contributed by atoms with Gasteiger partial charge in [-0.15, -0.1) is 0 Å². The third kappa shape index (κ3) is 5.05. The molecule has 0 saturated carbocycles. The van der Waals surface area contributed by atoms with Gasteiger partial charge in [-0.3, -0.25) is 0 Å². The summed E-state index contributed by atoms with van der Waals surface area (Å²) in [6, 6.07) is 19.9. The predicted octanol–water partition coefficient (Wildman–Crippen LogP) is 12.3. The molecule has 0 atom stereocenters. The summed E-state index contributed by atoms with van der Waals surface area (Å²) < 4.78 is 136. The van der Waals surface area contributed by atoms with Gasteiger partial charge in [-0.1, -0.05) is 90.1 Å². The van der Waals surface area contributed by atoms with E-state index in [4.69, 9.17) is 27.8 Å². The number of allylic oxidation sites excluding steroid dienone is 2. The van der Waals surface area contributed by atoms with E-state index in [9.17, 15) is 0 Å². The molecule has 0 radical (unpaired) electrons. The van der Waals surface area contributed by atoms with Crippen molar-refractivity contribution in [3.8, 4) is 23.0 Å². The van der Waals surface area contributed by atoms with Crippen molar-refractivity contribution >= 4 is 33.1 Å². The zero-order valence-corrected chi connectivity index (χ0v) is 33.6. The maximum absolute atomic E-state index is 17.0. The summed E-state index contributed by atoms with van der Waals surface area (Å²) in [5.41, 5.74) is -5.09. The first-order valence-corrected chi connectivity index (χ1v) is 18.6. The van der Waals surface area contributed by atoms with E-state index in [0.717, 1.165) is 11.1 Å². The summed E-state index contributed by atoms with van der Waals surface area (Å²) in [4.78, 5) is 0. The molecular weight excluding hydrogens is 762 g/mol. The Labute approximate surface area is 331 Å². The molecule has 0 bridgehead atoms. The highest BCUT2D eigenvalue weighted by atomic mass is 19.3. The van der Waals surface area contributed by atoms with E-state index < -0.39 is 45.5 Å². The fourth-order valence-corrected chi connectivity index (χ4v) is 8.52. The van der Waals surface area contributed by atoms with Crippen LogP contribution in [-0.4, -0.2) is 46.2 Å². The lowest BCUT2D eigenvalue weighted by Crippen LogP contribution is -2.49. The number of furan rings is 2. The quantitative estimate of drug-likeness (QED) is 0.156. The van der Waals surface area contributed by atoms with Crippen LogP contribution in [-0.2, 0) is 16.2 Å². The molecular formula is C46H42F6O6. The molecule has 2 heterocycles. The smallest absolute Gasteiger partial charge is 0.380 e. The lowest BCUT2D eigenvalue weighted by atomic mass is 9.67. The number of alkyl halides is 6. The lowest BCUT2D eigenvalue weighted by molar-refractivity contribution is -0.254. The Morgan fingerprint density at radius 2 is 0.828 bits per heavy atom. The number of ether oxygens (including phenoxy) is 4. The number of hydrogen-bond acceptors (Lipinski definition) is 6. The zero-order valence-electron chi connectivity index (χ0n) is 33.6. The van der Waals surface area contributed by atoms with Gasteiger partial charge in [-0.05, 0) is 33.1 Å². The van der Waals surface area contributed by atoms with Crippen molar-refractivity contribution in [1.29, 1.82) is 0 Å². The van der Waals surface area contributed by atoms with Crippen molar-refractivity contribution in [2.75, 3.05) is 28.4 Å². The van der Waals surface area contributed by atoms with Crippen LogP contribution in [0, 0.1) is 0 Å². The molecule has 0 amide bonds. The van der Waals surface area contributed by atoms with Crippen molar-refractivity contribution in [3.05, 3.63) is 118 Å². The molecule has 0 spiro atoms. The lowest BCUT2D eigenvalue weighted by Gasteiger charge is -2.35. The molecule has 6 nitrogen and oxygen atoms in total. The molecule has 2 aliphatic carbocycles.